The molecular weight excluding hydrogens is 503 g/mol. The molecule has 0 saturated carbocycles. The van der Waals surface area contributed by atoms with Crippen LogP contribution in [0.3, 0.4) is 0 Å². The first-order valence-electron chi connectivity index (χ1n) is 15.0. The maximum absolute atomic E-state index is 12.6. The monoisotopic (exact) mass is 544 g/mol. The van der Waals surface area contributed by atoms with Crippen molar-refractivity contribution in [3.05, 3.63) is 88.5 Å². The lowest BCUT2D eigenvalue weighted by Crippen LogP contribution is -2.42. The summed E-state index contributed by atoms with van der Waals surface area (Å²) in [4.78, 5) is 4.82. The standard InChI is InChI=1S/C34H41FN2O3/c35-16-2-17-36-18-15-31(24-36)40-30-12-7-26(8-13-30)34-32(4-1-3-27-23-29(38)11-14-33(27)34)25-5-9-28(10-6-25)37-19-21-39-22-20-37/h5-9,11-14,23,28,31,38H,1-4,10,15-22,24H2/t28?,31-/m0/s1. The molecule has 2 aliphatic carbocycles. The van der Waals surface area contributed by atoms with Gasteiger partial charge in [0.15, 0.2) is 0 Å². The number of alkyl halides is 1. The maximum atomic E-state index is 12.6. The van der Waals surface area contributed by atoms with Gasteiger partial charge in [0.05, 0.1) is 19.9 Å². The van der Waals surface area contributed by atoms with Crippen LogP contribution in [0.5, 0.6) is 11.5 Å². The van der Waals surface area contributed by atoms with Gasteiger partial charge in [-0.15, -0.1) is 0 Å². The highest BCUT2D eigenvalue weighted by Crippen LogP contribution is 2.41. The smallest absolute Gasteiger partial charge is 0.119 e. The number of aromatic hydroxyl groups is 1. The molecule has 0 aromatic heterocycles. The summed E-state index contributed by atoms with van der Waals surface area (Å²) in [5, 5.41) is 10.3. The third kappa shape index (κ3) is 6.19. The van der Waals surface area contributed by atoms with E-state index in [0.717, 1.165) is 83.8 Å². The number of fused-ring (bicyclic) bond motifs is 1. The normalized spacial score (nSPS) is 24.1. The molecular formula is C34H41FN2O3. The fourth-order valence-electron chi connectivity index (χ4n) is 6.68. The molecule has 1 N–H and O–H groups in total. The number of allylic oxidation sites excluding steroid dienone is 3. The van der Waals surface area contributed by atoms with Gasteiger partial charge in [-0.1, -0.05) is 36.4 Å². The van der Waals surface area contributed by atoms with Crippen molar-refractivity contribution in [1.29, 1.82) is 0 Å². The van der Waals surface area contributed by atoms with Gasteiger partial charge in [0.25, 0.3) is 0 Å². The minimum absolute atomic E-state index is 0.152. The van der Waals surface area contributed by atoms with E-state index in [1.54, 1.807) is 0 Å². The Morgan fingerprint density at radius 2 is 1.88 bits per heavy atom. The zero-order valence-electron chi connectivity index (χ0n) is 23.4. The first-order chi connectivity index (χ1) is 19.7. The quantitative estimate of drug-likeness (QED) is 0.446. The Morgan fingerprint density at radius 3 is 2.65 bits per heavy atom. The molecule has 2 fully saturated rings. The molecule has 40 heavy (non-hydrogen) atoms. The second-order valence-electron chi connectivity index (χ2n) is 11.4. The van der Waals surface area contributed by atoms with Gasteiger partial charge in [-0.25, -0.2) is 0 Å². The minimum Gasteiger partial charge on any atom is -0.508 e. The maximum Gasteiger partial charge on any atom is 0.119 e. The van der Waals surface area contributed by atoms with Crippen LogP contribution in [0.4, 0.5) is 4.39 Å². The predicted molar refractivity (Wildman–Crippen MR) is 158 cm³/mol. The Morgan fingerprint density at radius 1 is 1.02 bits per heavy atom. The summed E-state index contributed by atoms with van der Waals surface area (Å²) in [6.07, 6.45) is 12.9. The summed E-state index contributed by atoms with van der Waals surface area (Å²) in [5.41, 5.74) is 7.56. The average Bonchev–Trinajstić information content (AvgIpc) is 3.35. The van der Waals surface area contributed by atoms with Crippen molar-refractivity contribution in [2.45, 2.75) is 50.7 Å². The van der Waals surface area contributed by atoms with E-state index >= 15 is 0 Å². The lowest BCUT2D eigenvalue weighted by atomic mass is 9.85. The number of benzene rings is 2. The molecule has 0 radical (unpaired) electrons. The van der Waals surface area contributed by atoms with Crippen molar-refractivity contribution >= 4 is 5.57 Å². The number of hydrogen-bond acceptors (Lipinski definition) is 5. The Kier molecular flexibility index (Phi) is 8.66. The minimum atomic E-state index is -0.259. The first kappa shape index (κ1) is 27.3. The van der Waals surface area contributed by atoms with Gasteiger partial charge >= 0.3 is 0 Å². The Hall–Kier alpha value is -2.93. The van der Waals surface area contributed by atoms with E-state index in [9.17, 15) is 9.50 Å². The average molecular weight is 545 g/mol. The van der Waals surface area contributed by atoms with Gasteiger partial charge in [-0.3, -0.25) is 14.2 Å². The fraction of sp³-hybridized carbons (Fsp3) is 0.471. The molecule has 212 valence electrons. The highest BCUT2D eigenvalue weighted by molar-refractivity contribution is 5.87. The van der Waals surface area contributed by atoms with Gasteiger partial charge in [0.2, 0.25) is 0 Å². The van der Waals surface area contributed by atoms with Crippen molar-refractivity contribution < 1.29 is 19.0 Å². The van der Waals surface area contributed by atoms with E-state index in [1.807, 2.05) is 12.1 Å². The van der Waals surface area contributed by atoms with E-state index in [1.165, 1.54) is 33.4 Å². The number of morpholine rings is 1. The second kappa shape index (κ2) is 12.7. The van der Waals surface area contributed by atoms with Crippen molar-refractivity contribution in [2.75, 3.05) is 52.6 Å². The summed E-state index contributed by atoms with van der Waals surface area (Å²) in [6.45, 7) is 6.00. The van der Waals surface area contributed by atoms with E-state index in [0.29, 0.717) is 18.2 Å². The van der Waals surface area contributed by atoms with Crippen molar-refractivity contribution in [3.63, 3.8) is 0 Å². The molecule has 4 aliphatic rings. The van der Waals surface area contributed by atoms with Crippen LogP contribution in [0.1, 0.15) is 48.8 Å². The number of rotatable bonds is 8. The van der Waals surface area contributed by atoms with Gasteiger partial charge in [-0.05, 0) is 96.2 Å². The molecule has 2 aliphatic heterocycles. The fourth-order valence-corrected chi connectivity index (χ4v) is 6.68. The molecule has 2 aromatic rings. The highest BCUT2D eigenvalue weighted by Gasteiger charge is 2.26. The van der Waals surface area contributed by atoms with Gasteiger partial charge < -0.3 is 14.6 Å². The molecule has 2 atom stereocenters. The number of likely N-dealkylation sites (tertiary alicyclic amines) is 1. The SMILES string of the molecule is Oc1ccc2c(c1)CCCC(C1=CCC(N3CCOCC3)C=C1)=C2c1ccc(O[C@H]2CCN(CCCF)C2)cc1. The number of halogens is 1. The molecule has 0 spiro atoms. The van der Waals surface area contributed by atoms with E-state index in [-0.39, 0.29) is 12.8 Å². The molecule has 0 bridgehead atoms. The lowest BCUT2D eigenvalue weighted by molar-refractivity contribution is 0.0259. The second-order valence-corrected chi connectivity index (χ2v) is 11.4. The number of ether oxygens (including phenoxy) is 2. The van der Waals surface area contributed by atoms with Crippen LogP contribution in [0.25, 0.3) is 5.57 Å². The van der Waals surface area contributed by atoms with Crippen LogP contribution in [0.2, 0.25) is 0 Å². The molecule has 0 amide bonds. The Labute approximate surface area is 237 Å². The van der Waals surface area contributed by atoms with E-state index in [2.05, 4.69) is 58.4 Å². The summed E-state index contributed by atoms with van der Waals surface area (Å²) in [5.74, 6) is 1.21. The van der Waals surface area contributed by atoms with Crippen LogP contribution in [0.15, 0.2) is 71.8 Å². The van der Waals surface area contributed by atoms with Crippen LogP contribution < -0.4 is 4.74 Å². The Bertz CT molecular complexity index is 1260. The molecule has 1 unspecified atom stereocenters. The Balaban J connectivity index is 1.26. The number of aryl methyl sites for hydroxylation is 1. The molecule has 6 heteroatoms. The molecule has 2 aromatic carbocycles. The third-order valence-corrected chi connectivity index (χ3v) is 8.76. The molecule has 6 rings (SSSR count). The van der Waals surface area contributed by atoms with Gasteiger partial charge in [-0.2, -0.15) is 0 Å². The lowest BCUT2D eigenvalue weighted by Gasteiger charge is -2.34. The molecule has 2 heterocycles. The van der Waals surface area contributed by atoms with Crippen LogP contribution >= 0.6 is 0 Å². The summed E-state index contributed by atoms with van der Waals surface area (Å²) < 4.78 is 24.5. The van der Waals surface area contributed by atoms with E-state index in [4.69, 9.17) is 9.47 Å². The number of hydrogen-bond donors (Lipinski definition) is 1. The number of phenols is 1. The summed E-state index contributed by atoms with van der Waals surface area (Å²) in [6, 6.07) is 14.8. The first-order valence-corrected chi connectivity index (χ1v) is 15.0. The molecule has 5 nitrogen and oxygen atoms in total. The third-order valence-electron chi connectivity index (χ3n) is 8.76. The van der Waals surface area contributed by atoms with Crippen LogP contribution in [-0.4, -0.2) is 79.7 Å². The van der Waals surface area contributed by atoms with Crippen LogP contribution in [-0.2, 0) is 11.2 Å². The summed E-state index contributed by atoms with van der Waals surface area (Å²) >= 11 is 0. The van der Waals surface area contributed by atoms with E-state index < -0.39 is 0 Å². The summed E-state index contributed by atoms with van der Waals surface area (Å²) in [7, 11) is 0. The van der Waals surface area contributed by atoms with Crippen LogP contribution in [0, 0.1) is 0 Å². The largest absolute Gasteiger partial charge is 0.508 e. The van der Waals surface area contributed by atoms with Crippen molar-refractivity contribution in [2.24, 2.45) is 0 Å². The molecule has 2 saturated heterocycles. The highest BCUT2D eigenvalue weighted by atomic mass is 19.1. The van der Waals surface area contributed by atoms with Gasteiger partial charge in [0.1, 0.15) is 17.6 Å². The topological polar surface area (TPSA) is 45.2 Å². The number of nitrogens with zero attached hydrogens (tertiary/aromatic N) is 2. The van der Waals surface area contributed by atoms with Crippen molar-refractivity contribution in [1.82, 2.24) is 9.80 Å². The zero-order chi connectivity index (χ0) is 27.3. The van der Waals surface area contributed by atoms with Gasteiger partial charge in [0, 0.05) is 38.8 Å². The zero-order valence-corrected chi connectivity index (χ0v) is 23.4. The van der Waals surface area contributed by atoms with Crippen molar-refractivity contribution in [3.8, 4) is 11.5 Å². The predicted octanol–water partition coefficient (Wildman–Crippen LogP) is 5.93. The number of phenolic OH excluding ortho intramolecular Hbond substituents is 1.